The van der Waals surface area contributed by atoms with E-state index in [1.807, 2.05) is 0 Å². The highest BCUT2D eigenvalue weighted by Gasteiger charge is 2.16. The maximum absolute atomic E-state index is 12.2. The van der Waals surface area contributed by atoms with E-state index in [4.69, 9.17) is 18.0 Å². The molecule has 0 unspecified atom stereocenters. The van der Waals surface area contributed by atoms with Gasteiger partial charge in [-0.15, -0.1) is 10.2 Å². The first-order valence-corrected chi connectivity index (χ1v) is 7.93. The quantitative estimate of drug-likeness (QED) is 0.763. The maximum atomic E-state index is 12.2. The molecular formula is C12H15N5O2S2. The van der Waals surface area contributed by atoms with Crippen molar-refractivity contribution in [1.82, 2.24) is 19.5 Å². The van der Waals surface area contributed by atoms with Gasteiger partial charge in [0, 0.05) is 12.6 Å². The standard InChI is InChI=1S/C12H15N5O2S2/c1-8-5-9(3-4-10(8)12(13)20)21(18,19)15-6-11-16-14-7-17(11)2/h3-5,7,15H,6H2,1-2H3,(H2,13,20). The number of nitrogens with two attached hydrogens (primary N) is 1. The first-order chi connectivity index (χ1) is 9.81. The predicted octanol–water partition coefficient (Wildman–Crippen LogP) is 0.236. The van der Waals surface area contributed by atoms with Crippen LogP contribution in [0.25, 0.3) is 0 Å². The summed E-state index contributed by atoms with van der Waals surface area (Å²) in [7, 11) is -1.89. The molecule has 0 aliphatic carbocycles. The molecule has 0 saturated heterocycles. The maximum Gasteiger partial charge on any atom is 0.240 e. The number of aromatic nitrogens is 3. The summed E-state index contributed by atoms with van der Waals surface area (Å²) in [6.07, 6.45) is 1.50. The largest absolute Gasteiger partial charge is 0.389 e. The van der Waals surface area contributed by atoms with Crippen molar-refractivity contribution in [2.24, 2.45) is 12.8 Å². The molecule has 0 aliphatic heterocycles. The van der Waals surface area contributed by atoms with Crippen molar-refractivity contribution >= 4 is 27.2 Å². The van der Waals surface area contributed by atoms with Gasteiger partial charge in [0.15, 0.2) is 0 Å². The van der Waals surface area contributed by atoms with E-state index in [0.717, 1.165) is 0 Å². The van der Waals surface area contributed by atoms with Gasteiger partial charge in [-0.05, 0) is 24.6 Å². The van der Waals surface area contributed by atoms with Crippen LogP contribution in [0.5, 0.6) is 0 Å². The Labute approximate surface area is 128 Å². The Morgan fingerprint density at radius 1 is 1.48 bits per heavy atom. The number of aryl methyl sites for hydroxylation is 2. The van der Waals surface area contributed by atoms with Crippen LogP contribution >= 0.6 is 12.2 Å². The summed E-state index contributed by atoms with van der Waals surface area (Å²) in [6.45, 7) is 1.82. The molecule has 0 atom stereocenters. The highest BCUT2D eigenvalue weighted by molar-refractivity contribution is 7.89. The van der Waals surface area contributed by atoms with E-state index >= 15 is 0 Å². The molecule has 2 aromatic rings. The highest BCUT2D eigenvalue weighted by atomic mass is 32.2. The topological polar surface area (TPSA) is 103 Å². The van der Waals surface area contributed by atoms with Crippen LogP contribution in [0.15, 0.2) is 29.4 Å². The second-order valence-electron chi connectivity index (χ2n) is 4.52. The number of nitrogens with one attached hydrogen (secondary N) is 1. The molecule has 21 heavy (non-hydrogen) atoms. The first-order valence-electron chi connectivity index (χ1n) is 6.04. The van der Waals surface area contributed by atoms with Crippen LogP contribution in [-0.2, 0) is 23.6 Å². The van der Waals surface area contributed by atoms with Crippen molar-refractivity contribution < 1.29 is 8.42 Å². The summed E-state index contributed by atoms with van der Waals surface area (Å²) >= 11 is 4.90. The van der Waals surface area contributed by atoms with Gasteiger partial charge in [0.05, 0.1) is 11.4 Å². The van der Waals surface area contributed by atoms with Crippen LogP contribution in [0.2, 0.25) is 0 Å². The molecule has 112 valence electrons. The lowest BCUT2D eigenvalue weighted by atomic mass is 10.1. The van der Waals surface area contributed by atoms with Crippen molar-refractivity contribution in [3.63, 3.8) is 0 Å². The number of thiocarbonyl (C=S) groups is 1. The number of benzene rings is 1. The molecule has 3 N–H and O–H groups in total. The molecule has 0 fully saturated rings. The molecule has 0 radical (unpaired) electrons. The number of nitrogens with zero attached hydrogens (tertiary/aromatic N) is 3. The molecule has 2 rings (SSSR count). The zero-order valence-corrected chi connectivity index (χ0v) is 13.2. The Kier molecular flexibility index (Phi) is 4.35. The average molecular weight is 325 g/mol. The monoisotopic (exact) mass is 325 g/mol. The summed E-state index contributed by atoms with van der Waals surface area (Å²) < 4.78 is 28.6. The van der Waals surface area contributed by atoms with Crippen LogP contribution in [-0.4, -0.2) is 28.2 Å². The Morgan fingerprint density at radius 3 is 2.71 bits per heavy atom. The van der Waals surface area contributed by atoms with Gasteiger partial charge in [0.2, 0.25) is 10.0 Å². The molecular weight excluding hydrogens is 310 g/mol. The molecule has 1 aromatic heterocycles. The predicted molar refractivity (Wildman–Crippen MR) is 82.1 cm³/mol. The van der Waals surface area contributed by atoms with Crippen LogP contribution in [0.4, 0.5) is 0 Å². The van der Waals surface area contributed by atoms with Crippen molar-refractivity contribution in [3.05, 3.63) is 41.5 Å². The third-order valence-corrected chi connectivity index (χ3v) is 4.62. The molecule has 0 aliphatic rings. The summed E-state index contributed by atoms with van der Waals surface area (Å²) in [5.74, 6) is 0.523. The van der Waals surface area contributed by atoms with Gasteiger partial charge in [0.25, 0.3) is 0 Å². The fourth-order valence-corrected chi connectivity index (χ4v) is 3.08. The zero-order valence-electron chi connectivity index (χ0n) is 11.6. The van der Waals surface area contributed by atoms with Gasteiger partial charge >= 0.3 is 0 Å². The summed E-state index contributed by atoms with van der Waals surface area (Å²) in [5, 5.41) is 7.51. The van der Waals surface area contributed by atoms with E-state index in [2.05, 4.69) is 14.9 Å². The van der Waals surface area contributed by atoms with Gasteiger partial charge in [-0.1, -0.05) is 18.3 Å². The molecule has 1 heterocycles. The Hall–Kier alpha value is -1.84. The third-order valence-electron chi connectivity index (χ3n) is 3.00. The van der Waals surface area contributed by atoms with Crippen molar-refractivity contribution in [2.75, 3.05) is 0 Å². The molecule has 7 nitrogen and oxygen atoms in total. The fraction of sp³-hybridized carbons (Fsp3) is 0.250. The number of sulfonamides is 1. The SMILES string of the molecule is Cc1cc(S(=O)(=O)NCc2nncn2C)ccc1C(N)=S. The lowest BCUT2D eigenvalue weighted by molar-refractivity contribution is 0.577. The van der Waals surface area contributed by atoms with Gasteiger partial charge in [0.1, 0.15) is 17.1 Å². The first kappa shape index (κ1) is 15.5. The van der Waals surface area contributed by atoms with Crippen LogP contribution < -0.4 is 10.5 Å². The summed E-state index contributed by atoms with van der Waals surface area (Å²) in [4.78, 5) is 0.394. The molecule has 0 saturated carbocycles. The number of rotatable bonds is 5. The molecule has 0 spiro atoms. The van der Waals surface area contributed by atoms with Gasteiger partial charge < -0.3 is 10.3 Å². The number of hydrogen-bond donors (Lipinski definition) is 2. The molecule has 0 amide bonds. The second kappa shape index (κ2) is 5.88. The summed E-state index contributed by atoms with van der Waals surface area (Å²) in [5.41, 5.74) is 6.94. The molecule has 9 heteroatoms. The van der Waals surface area contributed by atoms with Crippen LogP contribution in [0, 0.1) is 6.92 Å². The third kappa shape index (κ3) is 3.43. The van der Waals surface area contributed by atoms with Gasteiger partial charge in [-0.2, -0.15) is 0 Å². The minimum Gasteiger partial charge on any atom is -0.389 e. The minimum absolute atomic E-state index is 0.0644. The zero-order chi connectivity index (χ0) is 15.6. The van der Waals surface area contributed by atoms with Gasteiger partial charge in [-0.3, -0.25) is 0 Å². The van der Waals surface area contributed by atoms with Crippen LogP contribution in [0.3, 0.4) is 0 Å². The van der Waals surface area contributed by atoms with E-state index in [1.54, 1.807) is 24.6 Å². The lowest BCUT2D eigenvalue weighted by Crippen LogP contribution is -2.25. The van der Waals surface area contributed by atoms with Gasteiger partial charge in [-0.25, -0.2) is 13.1 Å². The van der Waals surface area contributed by atoms with E-state index in [0.29, 0.717) is 17.0 Å². The fourth-order valence-electron chi connectivity index (χ4n) is 1.79. The Balaban J connectivity index is 2.22. The van der Waals surface area contributed by atoms with Crippen LogP contribution in [0.1, 0.15) is 17.0 Å². The van der Waals surface area contributed by atoms with Crippen molar-refractivity contribution in [1.29, 1.82) is 0 Å². The van der Waals surface area contributed by atoms with E-state index < -0.39 is 10.0 Å². The second-order valence-corrected chi connectivity index (χ2v) is 6.73. The van der Waals surface area contributed by atoms with E-state index in [-0.39, 0.29) is 16.4 Å². The van der Waals surface area contributed by atoms with Crippen molar-refractivity contribution in [2.45, 2.75) is 18.4 Å². The smallest absolute Gasteiger partial charge is 0.240 e. The van der Waals surface area contributed by atoms with Crippen molar-refractivity contribution in [3.8, 4) is 0 Å². The minimum atomic E-state index is -3.63. The Morgan fingerprint density at radius 2 is 2.19 bits per heavy atom. The lowest BCUT2D eigenvalue weighted by Gasteiger charge is -2.09. The normalized spacial score (nSPS) is 11.5. The molecule has 1 aromatic carbocycles. The van der Waals surface area contributed by atoms with E-state index in [9.17, 15) is 8.42 Å². The average Bonchev–Trinajstić information content (AvgIpc) is 2.81. The highest BCUT2D eigenvalue weighted by Crippen LogP contribution is 2.15. The molecule has 0 bridgehead atoms. The van der Waals surface area contributed by atoms with E-state index in [1.165, 1.54) is 18.5 Å². The summed E-state index contributed by atoms with van der Waals surface area (Å²) in [6, 6.07) is 4.61. The number of hydrogen-bond acceptors (Lipinski definition) is 5. The Bertz CT molecular complexity index is 783.